The van der Waals surface area contributed by atoms with Crippen LogP contribution in [0, 0.1) is 4.91 Å². The highest BCUT2D eigenvalue weighted by molar-refractivity contribution is 5.66. The van der Waals surface area contributed by atoms with Crippen LogP contribution < -0.4 is 0 Å². The summed E-state index contributed by atoms with van der Waals surface area (Å²) in [4.78, 5) is 24.0. The summed E-state index contributed by atoms with van der Waals surface area (Å²) in [6, 6.07) is 0. The van der Waals surface area contributed by atoms with Crippen molar-refractivity contribution in [3.05, 3.63) is 4.91 Å². The number of unbranched alkanes of at least 4 members (excludes halogenated alkanes) is 5. The van der Waals surface area contributed by atoms with Crippen LogP contribution in [0.5, 0.6) is 0 Å². The molecule has 1 atom stereocenters. The molecule has 0 rings (SSSR count). The molecule has 0 saturated carbocycles. The molecule has 0 heterocycles. The lowest BCUT2D eigenvalue weighted by atomic mass is 10.1. The molecule has 1 N–H and O–H groups in total. The van der Waals surface area contributed by atoms with Crippen molar-refractivity contribution in [2.24, 2.45) is 5.34 Å². The molecule has 0 fully saturated rings. The van der Waals surface area contributed by atoms with Gasteiger partial charge in [0.1, 0.15) is 6.10 Å². The summed E-state index contributed by atoms with van der Waals surface area (Å²) >= 11 is 0. The zero-order valence-corrected chi connectivity index (χ0v) is 12.6. The second kappa shape index (κ2) is 16.9. The molecule has 114 valence electrons. The average Bonchev–Trinajstić information content (AvgIpc) is 2.36. The van der Waals surface area contributed by atoms with E-state index in [9.17, 15) is 9.70 Å². The Kier molecular flexibility index (Phi) is 17.9. The number of aliphatic carboxylic acids is 1. The first-order valence-electron chi connectivity index (χ1n) is 7.28. The van der Waals surface area contributed by atoms with Gasteiger partial charge in [0.15, 0.2) is 5.34 Å². The molecule has 0 spiro atoms. The van der Waals surface area contributed by atoms with Gasteiger partial charge < -0.3 is 9.94 Å². The zero-order chi connectivity index (χ0) is 14.9. The summed E-state index contributed by atoms with van der Waals surface area (Å²) in [5.41, 5.74) is 0. The summed E-state index contributed by atoms with van der Waals surface area (Å²) in [6.45, 7) is 6.10. The van der Waals surface area contributed by atoms with Gasteiger partial charge in [-0.15, -0.1) is 4.91 Å². The van der Waals surface area contributed by atoms with Crippen LogP contribution in [0.15, 0.2) is 5.34 Å². The Morgan fingerprint density at radius 3 is 2.16 bits per heavy atom. The summed E-state index contributed by atoms with van der Waals surface area (Å²) in [5, 5.41) is 10.5. The van der Waals surface area contributed by atoms with Crippen molar-refractivity contribution in [2.75, 3.05) is 0 Å². The Balaban J connectivity index is 0. The van der Waals surface area contributed by atoms with E-state index in [2.05, 4.69) is 24.0 Å². The molecule has 0 aliphatic carbocycles. The Morgan fingerprint density at radius 2 is 1.68 bits per heavy atom. The van der Waals surface area contributed by atoms with Crippen molar-refractivity contribution in [3.63, 3.8) is 0 Å². The lowest BCUT2D eigenvalue weighted by Crippen LogP contribution is -2.02. The molecule has 0 radical (unpaired) electrons. The maximum absolute atomic E-state index is 9.87. The number of rotatable bonds is 11. The molecule has 0 amide bonds. The van der Waals surface area contributed by atoms with Gasteiger partial charge in [0, 0.05) is 6.42 Å². The first-order chi connectivity index (χ1) is 9.08. The van der Waals surface area contributed by atoms with Crippen LogP contribution in [0.2, 0.25) is 0 Å². The van der Waals surface area contributed by atoms with Crippen LogP contribution in [-0.4, -0.2) is 17.2 Å². The van der Waals surface area contributed by atoms with Crippen LogP contribution >= 0.6 is 0 Å². The van der Waals surface area contributed by atoms with E-state index in [-0.39, 0.29) is 6.10 Å². The van der Waals surface area contributed by atoms with E-state index in [0.29, 0.717) is 6.42 Å². The Labute approximate surface area is 116 Å². The number of nitrogens with zero attached hydrogens (tertiary/aromatic N) is 1. The number of hydrogen-bond donors (Lipinski definition) is 1. The molecular formula is C14H29NO4. The quantitative estimate of drug-likeness (QED) is 0.337. The largest absolute Gasteiger partial charge is 0.481 e. The number of carbonyl (C=O) groups is 1. The van der Waals surface area contributed by atoms with Crippen LogP contribution in [0.1, 0.15) is 78.6 Å². The van der Waals surface area contributed by atoms with Crippen LogP contribution in [-0.2, 0) is 9.63 Å². The van der Waals surface area contributed by atoms with Crippen LogP contribution in [0.4, 0.5) is 0 Å². The Morgan fingerprint density at radius 1 is 1.11 bits per heavy atom. The third-order valence-electron chi connectivity index (χ3n) is 2.68. The van der Waals surface area contributed by atoms with Gasteiger partial charge in [0.2, 0.25) is 0 Å². The fourth-order valence-electron chi connectivity index (χ4n) is 1.51. The highest BCUT2D eigenvalue weighted by atomic mass is 16.7. The van der Waals surface area contributed by atoms with Gasteiger partial charge in [-0.25, -0.2) is 0 Å². The van der Waals surface area contributed by atoms with E-state index >= 15 is 0 Å². The van der Waals surface area contributed by atoms with Gasteiger partial charge in [-0.05, 0) is 26.2 Å². The molecule has 0 saturated heterocycles. The second-order valence-corrected chi connectivity index (χ2v) is 4.69. The molecule has 5 nitrogen and oxygen atoms in total. The molecule has 0 aliphatic rings. The fraction of sp³-hybridized carbons (Fsp3) is 0.929. The van der Waals surface area contributed by atoms with E-state index in [4.69, 9.17) is 5.11 Å². The van der Waals surface area contributed by atoms with Crippen molar-refractivity contribution in [1.29, 1.82) is 0 Å². The van der Waals surface area contributed by atoms with Gasteiger partial charge in [0.25, 0.3) is 0 Å². The van der Waals surface area contributed by atoms with E-state index in [1.165, 1.54) is 19.3 Å². The fourth-order valence-corrected chi connectivity index (χ4v) is 1.51. The van der Waals surface area contributed by atoms with E-state index in [1.807, 2.05) is 6.92 Å². The first kappa shape index (κ1) is 20.2. The first-order valence-corrected chi connectivity index (χ1v) is 7.28. The van der Waals surface area contributed by atoms with Gasteiger partial charge in [-0.1, -0.05) is 46.0 Å². The lowest BCUT2D eigenvalue weighted by Gasteiger charge is -2.05. The molecule has 0 bridgehead atoms. The summed E-state index contributed by atoms with van der Waals surface area (Å²) in [6.07, 6.45) is 9.06. The van der Waals surface area contributed by atoms with Gasteiger partial charge in [0.05, 0.1) is 0 Å². The van der Waals surface area contributed by atoms with Gasteiger partial charge in [-0.3, -0.25) is 4.79 Å². The lowest BCUT2D eigenvalue weighted by molar-refractivity contribution is -0.137. The maximum atomic E-state index is 9.87. The minimum absolute atomic E-state index is 0.00986. The molecular weight excluding hydrogens is 246 g/mol. The molecule has 0 aromatic heterocycles. The van der Waals surface area contributed by atoms with Crippen molar-refractivity contribution < 1.29 is 14.7 Å². The summed E-state index contributed by atoms with van der Waals surface area (Å²) in [7, 11) is 0. The standard InChI is InChI=1S/C8H17NO2.C6H12O2/c1-3-4-5-6-7-8(2)11-9-10;1-2-3-4-5-6(7)8/h8H,3-7H2,1-2H3;2-5H2,1H3,(H,7,8). The Bertz CT molecular complexity index is 210. The molecule has 0 aromatic rings. The maximum Gasteiger partial charge on any atom is 0.303 e. The summed E-state index contributed by atoms with van der Waals surface area (Å²) < 4.78 is 0. The molecule has 5 heteroatoms. The number of carboxylic acid groups (broad SMARTS) is 1. The average molecular weight is 275 g/mol. The normalized spacial score (nSPS) is 11.1. The molecule has 0 aromatic carbocycles. The smallest absolute Gasteiger partial charge is 0.303 e. The predicted octanol–water partition coefficient (Wildman–Crippen LogP) is 4.69. The number of carboxylic acids is 1. The second-order valence-electron chi connectivity index (χ2n) is 4.69. The van der Waals surface area contributed by atoms with E-state index < -0.39 is 5.97 Å². The monoisotopic (exact) mass is 275 g/mol. The third kappa shape index (κ3) is 22.5. The highest BCUT2D eigenvalue weighted by Crippen LogP contribution is 2.07. The highest BCUT2D eigenvalue weighted by Gasteiger charge is 2.01. The predicted molar refractivity (Wildman–Crippen MR) is 76.9 cm³/mol. The van der Waals surface area contributed by atoms with Gasteiger partial charge >= 0.3 is 5.97 Å². The molecule has 0 aliphatic heterocycles. The number of hydrogen-bond acceptors (Lipinski definition) is 4. The SMILES string of the molecule is CCCCCC(=O)O.CCCCCCC(C)ON=O. The van der Waals surface area contributed by atoms with Crippen LogP contribution in [0.25, 0.3) is 0 Å². The van der Waals surface area contributed by atoms with E-state index in [0.717, 1.165) is 32.1 Å². The minimum atomic E-state index is -0.682. The Hall–Kier alpha value is -1.13. The van der Waals surface area contributed by atoms with Crippen molar-refractivity contribution in [3.8, 4) is 0 Å². The van der Waals surface area contributed by atoms with Crippen molar-refractivity contribution in [1.82, 2.24) is 0 Å². The molecule has 1 unspecified atom stereocenters. The van der Waals surface area contributed by atoms with Gasteiger partial charge in [-0.2, -0.15) is 0 Å². The topological polar surface area (TPSA) is 76.0 Å². The van der Waals surface area contributed by atoms with Crippen LogP contribution in [0.3, 0.4) is 0 Å². The van der Waals surface area contributed by atoms with E-state index in [1.54, 1.807) is 0 Å². The zero-order valence-electron chi connectivity index (χ0n) is 12.6. The summed E-state index contributed by atoms with van der Waals surface area (Å²) in [5.74, 6) is -0.682. The minimum Gasteiger partial charge on any atom is -0.481 e. The molecule has 19 heavy (non-hydrogen) atoms. The van der Waals surface area contributed by atoms with Crippen molar-refractivity contribution in [2.45, 2.75) is 84.7 Å². The van der Waals surface area contributed by atoms with Crippen molar-refractivity contribution >= 4 is 5.97 Å². The third-order valence-corrected chi connectivity index (χ3v) is 2.68.